The molecule has 0 unspecified atom stereocenters. The van der Waals surface area contributed by atoms with Crippen LogP contribution in [-0.2, 0) is 0 Å². The highest BCUT2D eigenvalue weighted by atomic mass is 79.9. The minimum atomic E-state index is -0.674. The van der Waals surface area contributed by atoms with Crippen molar-refractivity contribution in [1.29, 1.82) is 0 Å². The van der Waals surface area contributed by atoms with E-state index in [0.29, 0.717) is 15.6 Å². The molecule has 1 heterocycles. The summed E-state index contributed by atoms with van der Waals surface area (Å²) in [6.45, 7) is 3.46. The molecule has 0 saturated heterocycles. The molecule has 0 saturated carbocycles. The number of rotatable bonds is 5. The van der Waals surface area contributed by atoms with E-state index in [1.54, 1.807) is 55.6 Å². The fourth-order valence-corrected chi connectivity index (χ4v) is 3.18. The molecule has 0 atom stereocenters. The Balaban J connectivity index is 1.97. The number of hydrogen-bond donors (Lipinski definition) is 1. The second kappa shape index (κ2) is 9.90. The van der Waals surface area contributed by atoms with Crippen molar-refractivity contribution in [2.75, 3.05) is 5.32 Å². The van der Waals surface area contributed by atoms with Gasteiger partial charge in [-0.2, -0.15) is 10.1 Å². The lowest BCUT2D eigenvalue weighted by atomic mass is 10.1. The van der Waals surface area contributed by atoms with Gasteiger partial charge in [-0.05, 0) is 56.3 Å². The molecular weight excluding hydrogens is 460 g/mol. The lowest BCUT2D eigenvalue weighted by Crippen LogP contribution is -2.33. The predicted octanol–water partition coefficient (Wildman–Crippen LogP) is 4.69. The first kappa shape index (κ1) is 22.0. The lowest BCUT2D eigenvalue weighted by Gasteiger charge is -2.18. The van der Waals surface area contributed by atoms with Crippen LogP contribution < -0.4 is 5.32 Å². The highest BCUT2D eigenvalue weighted by Crippen LogP contribution is 2.24. The first-order chi connectivity index (χ1) is 14.9. The van der Waals surface area contributed by atoms with Gasteiger partial charge in [0.15, 0.2) is 0 Å². The number of hydrogen-bond acceptors (Lipinski definition) is 5. The molecule has 2 aromatic carbocycles. The van der Waals surface area contributed by atoms with Crippen molar-refractivity contribution in [3.63, 3.8) is 0 Å². The standard InChI is InChI=1S/C23H19BrN4O3/c1-3-26-28(22(30)16-7-4-6-15(2)12-16)23(31)19-13-18(24)9-10-20(19)27-21(29)17-8-5-11-25-14-17/h3-14H,1-2H3,(H,27,29). The van der Waals surface area contributed by atoms with E-state index < -0.39 is 17.7 Å². The number of anilines is 1. The Morgan fingerprint density at radius 2 is 1.81 bits per heavy atom. The number of imide groups is 1. The molecule has 3 rings (SSSR count). The maximum Gasteiger partial charge on any atom is 0.283 e. The van der Waals surface area contributed by atoms with Crippen LogP contribution in [0.15, 0.2) is 76.6 Å². The fourth-order valence-electron chi connectivity index (χ4n) is 2.82. The van der Waals surface area contributed by atoms with E-state index in [0.717, 1.165) is 10.6 Å². The third-order valence-electron chi connectivity index (χ3n) is 4.26. The molecule has 0 aliphatic rings. The summed E-state index contributed by atoms with van der Waals surface area (Å²) in [6.07, 6.45) is 4.34. The van der Waals surface area contributed by atoms with E-state index >= 15 is 0 Å². The molecule has 7 nitrogen and oxygen atoms in total. The summed E-state index contributed by atoms with van der Waals surface area (Å²) in [7, 11) is 0. The van der Waals surface area contributed by atoms with Gasteiger partial charge in [0.1, 0.15) is 0 Å². The van der Waals surface area contributed by atoms with Crippen molar-refractivity contribution in [2.45, 2.75) is 13.8 Å². The van der Waals surface area contributed by atoms with Gasteiger partial charge < -0.3 is 5.32 Å². The Hall–Kier alpha value is -3.65. The SMILES string of the molecule is CC=NN(C(=O)c1cccc(C)c1)C(=O)c1cc(Br)ccc1NC(=O)c1cccnc1. The Kier molecular flexibility index (Phi) is 7.04. The molecule has 0 bridgehead atoms. The van der Waals surface area contributed by atoms with Crippen LogP contribution in [0.25, 0.3) is 0 Å². The normalized spacial score (nSPS) is 10.7. The van der Waals surface area contributed by atoms with E-state index in [2.05, 4.69) is 31.3 Å². The van der Waals surface area contributed by atoms with Crippen molar-refractivity contribution < 1.29 is 14.4 Å². The van der Waals surface area contributed by atoms with E-state index in [-0.39, 0.29) is 11.3 Å². The Labute approximate surface area is 187 Å². The second-order valence-corrected chi connectivity index (χ2v) is 7.47. The molecule has 0 fully saturated rings. The number of hydrazone groups is 1. The van der Waals surface area contributed by atoms with Crippen LogP contribution in [0.5, 0.6) is 0 Å². The zero-order chi connectivity index (χ0) is 22.4. The monoisotopic (exact) mass is 478 g/mol. The number of amides is 3. The summed E-state index contributed by atoms with van der Waals surface area (Å²) in [4.78, 5) is 42.9. The summed E-state index contributed by atoms with van der Waals surface area (Å²) in [5.41, 5.74) is 1.90. The lowest BCUT2D eigenvalue weighted by molar-refractivity contribution is 0.0622. The van der Waals surface area contributed by atoms with Crippen molar-refractivity contribution in [3.05, 3.63) is 93.7 Å². The first-order valence-electron chi connectivity index (χ1n) is 9.35. The maximum absolute atomic E-state index is 13.3. The van der Waals surface area contributed by atoms with Crippen molar-refractivity contribution in [1.82, 2.24) is 9.99 Å². The van der Waals surface area contributed by atoms with E-state index in [4.69, 9.17) is 0 Å². The van der Waals surface area contributed by atoms with E-state index in [1.807, 2.05) is 13.0 Å². The van der Waals surface area contributed by atoms with Crippen LogP contribution in [0, 0.1) is 6.92 Å². The molecule has 0 aliphatic heterocycles. The molecule has 1 aromatic heterocycles. The van der Waals surface area contributed by atoms with Gasteiger partial charge in [0.05, 0.1) is 16.8 Å². The van der Waals surface area contributed by atoms with E-state index in [1.165, 1.54) is 18.5 Å². The molecular formula is C23H19BrN4O3. The van der Waals surface area contributed by atoms with Crippen LogP contribution in [0.1, 0.15) is 43.6 Å². The molecule has 3 aromatic rings. The zero-order valence-corrected chi connectivity index (χ0v) is 18.5. The summed E-state index contributed by atoms with van der Waals surface area (Å²) < 4.78 is 0.610. The molecule has 3 amide bonds. The third-order valence-corrected chi connectivity index (χ3v) is 4.76. The topological polar surface area (TPSA) is 91.7 Å². The number of nitrogens with zero attached hydrogens (tertiary/aromatic N) is 3. The maximum atomic E-state index is 13.3. The highest BCUT2D eigenvalue weighted by Gasteiger charge is 2.26. The quantitative estimate of drug-likeness (QED) is 0.327. The molecule has 0 radical (unpaired) electrons. The Morgan fingerprint density at radius 3 is 2.48 bits per heavy atom. The molecule has 0 aliphatic carbocycles. The van der Waals surface area contributed by atoms with Crippen LogP contribution in [-0.4, -0.2) is 33.9 Å². The van der Waals surface area contributed by atoms with Gasteiger partial charge >= 0.3 is 0 Å². The fraction of sp³-hybridized carbons (Fsp3) is 0.0870. The average Bonchev–Trinajstić information content (AvgIpc) is 2.78. The number of aromatic nitrogens is 1. The van der Waals surface area contributed by atoms with Gasteiger partial charge in [-0.1, -0.05) is 33.6 Å². The number of benzene rings is 2. The third kappa shape index (κ3) is 5.29. The average molecular weight is 479 g/mol. The number of nitrogens with one attached hydrogen (secondary N) is 1. The van der Waals surface area contributed by atoms with Crippen LogP contribution >= 0.6 is 15.9 Å². The summed E-state index contributed by atoms with van der Waals surface area (Å²) in [6, 6.07) is 14.9. The van der Waals surface area contributed by atoms with Crippen molar-refractivity contribution >= 4 is 45.6 Å². The largest absolute Gasteiger partial charge is 0.321 e. The van der Waals surface area contributed by atoms with Gasteiger partial charge in [0.25, 0.3) is 17.7 Å². The molecule has 8 heteroatoms. The minimum absolute atomic E-state index is 0.109. The van der Waals surface area contributed by atoms with Crippen molar-refractivity contribution in [3.8, 4) is 0 Å². The first-order valence-corrected chi connectivity index (χ1v) is 10.1. The predicted molar refractivity (Wildman–Crippen MR) is 122 cm³/mol. The smallest absolute Gasteiger partial charge is 0.283 e. The van der Waals surface area contributed by atoms with Crippen molar-refractivity contribution in [2.24, 2.45) is 5.10 Å². The van der Waals surface area contributed by atoms with Crippen LogP contribution in [0.2, 0.25) is 0 Å². The summed E-state index contributed by atoms with van der Waals surface area (Å²) >= 11 is 3.34. The number of carbonyl (C=O) groups excluding carboxylic acids is 3. The van der Waals surface area contributed by atoms with E-state index in [9.17, 15) is 14.4 Å². The highest BCUT2D eigenvalue weighted by molar-refractivity contribution is 9.10. The molecule has 156 valence electrons. The van der Waals surface area contributed by atoms with Gasteiger partial charge in [0, 0.05) is 28.6 Å². The second-order valence-electron chi connectivity index (χ2n) is 6.55. The zero-order valence-electron chi connectivity index (χ0n) is 16.9. The van der Waals surface area contributed by atoms with Gasteiger partial charge in [-0.3, -0.25) is 19.4 Å². The van der Waals surface area contributed by atoms with Gasteiger partial charge in [0.2, 0.25) is 0 Å². The number of pyridine rings is 1. The summed E-state index contributed by atoms with van der Waals surface area (Å²) in [5, 5.41) is 7.48. The Morgan fingerprint density at radius 1 is 1.03 bits per heavy atom. The Bertz CT molecular complexity index is 1160. The number of halogens is 1. The van der Waals surface area contributed by atoms with Gasteiger partial charge in [-0.25, -0.2) is 0 Å². The molecule has 0 spiro atoms. The summed E-state index contributed by atoms with van der Waals surface area (Å²) in [5.74, 6) is -1.68. The van der Waals surface area contributed by atoms with Gasteiger partial charge in [-0.15, -0.1) is 0 Å². The molecule has 31 heavy (non-hydrogen) atoms. The number of carbonyl (C=O) groups is 3. The van der Waals surface area contributed by atoms with Crippen LogP contribution in [0.3, 0.4) is 0 Å². The molecule has 1 N–H and O–H groups in total. The van der Waals surface area contributed by atoms with Crippen LogP contribution in [0.4, 0.5) is 5.69 Å². The number of aryl methyl sites for hydroxylation is 1. The minimum Gasteiger partial charge on any atom is -0.321 e.